The maximum absolute atomic E-state index is 10.0. The van der Waals surface area contributed by atoms with Crippen LogP contribution in [0.5, 0.6) is 0 Å². The van der Waals surface area contributed by atoms with Gasteiger partial charge in [0.05, 0.1) is 30.3 Å². The maximum atomic E-state index is 10.0. The number of allylic oxidation sites excluding steroid dienone is 1. The van der Waals surface area contributed by atoms with E-state index < -0.39 is 16.9 Å². The second-order valence-electron chi connectivity index (χ2n) is 6.22. The zero-order valence-electron chi connectivity index (χ0n) is 14.3. The van der Waals surface area contributed by atoms with Gasteiger partial charge >= 0.3 is 0 Å². The molecule has 1 unspecified atom stereocenters. The molecule has 2 aromatic rings. The molecule has 7 heteroatoms. The molecule has 1 N–H and O–H groups in total. The lowest BCUT2D eigenvalue weighted by Gasteiger charge is -2.43. The van der Waals surface area contributed by atoms with Crippen molar-refractivity contribution in [2.45, 2.75) is 6.04 Å². The van der Waals surface area contributed by atoms with Crippen molar-refractivity contribution >= 4 is 28.8 Å². The molecule has 1 heterocycles. The van der Waals surface area contributed by atoms with Gasteiger partial charge in [0.15, 0.2) is 0 Å². The summed E-state index contributed by atoms with van der Waals surface area (Å²) in [5, 5.41) is 44.2. The van der Waals surface area contributed by atoms with E-state index in [2.05, 4.69) is 5.32 Å². The first kappa shape index (κ1) is 19.3. The third kappa shape index (κ3) is 2.67. The fraction of sp³-hybridized carbons (Fsp3) is 0.143. The number of benzene rings is 2. The van der Waals surface area contributed by atoms with Crippen LogP contribution in [-0.2, 0) is 0 Å². The van der Waals surface area contributed by atoms with Crippen LogP contribution in [0.25, 0.3) is 5.57 Å². The predicted octanol–water partition coefficient (Wildman–Crippen LogP) is 4.75. The highest BCUT2D eigenvalue weighted by Crippen LogP contribution is 2.56. The van der Waals surface area contributed by atoms with Crippen molar-refractivity contribution in [3.05, 3.63) is 75.9 Å². The van der Waals surface area contributed by atoms with E-state index in [4.69, 9.17) is 23.2 Å². The van der Waals surface area contributed by atoms with E-state index >= 15 is 0 Å². The number of halogens is 2. The topological polar surface area (TPSA) is 107 Å². The summed E-state index contributed by atoms with van der Waals surface area (Å²) in [5.41, 5.74) is -2.71. The van der Waals surface area contributed by atoms with Crippen LogP contribution in [0.15, 0.2) is 54.7 Å². The van der Waals surface area contributed by atoms with Gasteiger partial charge in [-0.25, -0.2) is 0 Å². The average molecular weight is 404 g/mol. The lowest BCUT2D eigenvalue weighted by atomic mass is 9.55. The lowest BCUT2D eigenvalue weighted by molar-refractivity contribution is 0.268. The molecular weight excluding hydrogens is 393 g/mol. The molecule has 0 fully saturated rings. The number of nitriles is 4. The molecule has 0 amide bonds. The monoisotopic (exact) mass is 403 g/mol. The van der Waals surface area contributed by atoms with Gasteiger partial charge in [-0.3, -0.25) is 0 Å². The normalized spacial score (nSPS) is 18.9. The van der Waals surface area contributed by atoms with Crippen LogP contribution in [0.3, 0.4) is 0 Å². The maximum Gasteiger partial charge on any atom is 0.204 e. The summed E-state index contributed by atoms with van der Waals surface area (Å²) in [4.78, 5) is 0. The van der Waals surface area contributed by atoms with E-state index in [0.717, 1.165) is 0 Å². The smallest absolute Gasteiger partial charge is 0.204 e. The van der Waals surface area contributed by atoms with E-state index in [1.165, 1.54) is 6.20 Å². The Morgan fingerprint density at radius 3 is 1.71 bits per heavy atom. The lowest BCUT2D eigenvalue weighted by Crippen LogP contribution is -2.51. The third-order valence-corrected chi connectivity index (χ3v) is 5.37. The van der Waals surface area contributed by atoms with E-state index in [1.807, 2.05) is 24.3 Å². The van der Waals surface area contributed by atoms with Crippen LogP contribution in [-0.4, -0.2) is 0 Å². The van der Waals surface area contributed by atoms with Gasteiger partial charge < -0.3 is 5.32 Å². The standard InChI is InChI=1S/C21H11Cl2N5/c22-16-5-1-14(2-6-16)18-9-28-19(15-3-7-17(23)8-4-15)21(12-26,13-27)20(18,10-24)11-25/h1-9,19,28H. The van der Waals surface area contributed by atoms with E-state index in [-0.39, 0.29) is 5.57 Å². The highest BCUT2D eigenvalue weighted by atomic mass is 35.5. The minimum absolute atomic E-state index is 0.238. The van der Waals surface area contributed by atoms with Crippen molar-refractivity contribution < 1.29 is 0 Å². The van der Waals surface area contributed by atoms with E-state index in [0.29, 0.717) is 21.2 Å². The Bertz CT molecular complexity index is 1080. The zero-order chi connectivity index (χ0) is 20.4. The molecule has 0 bridgehead atoms. The summed E-state index contributed by atoms with van der Waals surface area (Å²) in [7, 11) is 0. The molecule has 1 aliphatic rings. The van der Waals surface area contributed by atoms with Gasteiger partial charge in [0.2, 0.25) is 10.8 Å². The average Bonchev–Trinajstić information content (AvgIpc) is 2.73. The Morgan fingerprint density at radius 1 is 0.750 bits per heavy atom. The molecule has 0 radical (unpaired) electrons. The van der Waals surface area contributed by atoms with Crippen LogP contribution >= 0.6 is 23.2 Å². The van der Waals surface area contributed by atoms with Crippen molar-refractivity contribution in [1.82, 2.24) is 5.32 Å². The number of nitrogens with one attached hydrogen (secondary N) is 1. The quantitative estimate of drug-likeness (QED) is 0.778. The molecule has 0 spiro atoms. The van der Waals surface area contributed by atoms with Gasteiger partial charge in [-0.05, 0) is 35.4 Å². The van der Waals surface area contributed by atoms with Crippen LogP contribution in [0.2, 0.25) is 10.0 Å². The first-order valence-electron chi connectivity index (χ1n) is 8.11. The highest BCUT2D eigenvalue weighted by molar-refractivity contribution is 6.30. The van der Waals surface area contributed by atoms with Gasteiger partial charge in [-0.1, -0.05) is 47.5 Å². The Morgan fingerprint density at radius 2 is 1.25 bits per heavy atom. The van der Waals surface area contributed by atoms with Crippen molar-refractivity contribution in [1.29, 1.82) is 21.0 Å². The number of hydrogen-bond acceptors (Lipinski definition) is 5. The highest BCUT2D eigenvalue weighted by Gasteiger charge is 2.63. The molecule has 5 nitrogen and oxygen atoms in total. The SMILES string of the molecule is N#CC1(C#N)C(c2ccc(Cl)cc2)=CNC(c2ccc(Cl)cc2)C1(C#N)C#N. The van der Waals surface area contributed by atoms with Gasteiger partial charge in [0, 0.05) is 21.8 Å². The summed E-state index contributed by atoms with van der Waals surface area (Å²) in [6, 6.07) is 20.0. The molecule has 0 saturated carbocycles. The molecule has 1 aliphatic heterocycles. The Hall–Kier alpha value is -3.48. The van der Waals surface area contributed by atoms with Gasteiger partial charge in [0.25, 0.3) is 0 Å². The van der Waals surface area contributed by atoms with E-state index in [9.17, 15) is 21.0 Å². The van der Waals surface area contributed by atoms with Crippen LogP contribution in [0, 0.1) is 56.2 Å². The van der Waals surface area contributed by atoms with Gasteiger partial charge in [0.1, 0.15) is 0 Å². The van der Waals surface area contributed by atoms with Crippen LogP contribution in [0.4, 0.5) is 0 Å². The molecule has 134 valence electrons. The van der Waals surface area contributed by atoms with Crippen LogP contribution < -0.4 is 5.32 Å². The predicted molar refractivity (Wildman–Crippen MR) is 104 cm³/mol. The Balaban J connectivity index is 2.30. The molecule has 0 aliphatic carbocycles. The third-order valence-electron chi connectivity index (χ3n) is 4.87. The van der Waals surface area contributed by atoms with Crippen molar-refractivity contribution in [3.63, 3.8) is 0 Å². The first-order valence-corrected chi connectivity index (χ1v) is 8.86. The minimum atomic E-state index is -2.03. The molecule has 2 aromatic carbocycles. The second-order valence-corrected chi connectivity index (χ2v) is 7.09. The number of rotatable bonds is 2. The number of nitrogens with zero attached hydrogens (tertiary/aromatic N) is 4. The van der Waals surface area contributed by atoms with Crippen LogP contribution in [0.1, 0.15) is 17.2 Å². The minimum Gasteiger partial charge on any atom is -0.381 e. The molecule has 0 saturated heterocycles. The molecule has 0 aromatic heterocycles. The fourth-order valence-electron chi connectivity index (χ4n) is 3.40. The summed E-state index contributed by atoms with van der Waals surface area (Å²) in [6.45, 7) is 0. The zero-order valence-corrected chi connectivity index (χ0v) is 15.8. The number of hydrogen-bond donors (Lipinski definition) is 1. The molecule has 28 heavy (non-hydrogen) atoms. The van der Waals surface area contributed by atoms with Gasteiger partial charge in [-0.15, -0.1) is 0 Å². The first-order chi connectivity index (χ1) is 13.5. The van der Waals surface area contributed by atoms with Gasteiger partial charge in [-0.2, -0.15) is 21.0 Å². The summed E-state index contributed by atoms with van der Waals surface area (Å²) >= 11 is 11.9. The van der Waals surface area contributed by atoms with E-state index in [1.54, 1.807) is 48.5 Å². The fourth-order valence-corrected chi connectivity index (χ4v) is 3.66. The van der Waals surface area contributed by atoms with Crippen molar-refractivity contribution in [3.8, 4) is 24.3 Å². The summed E-state index contributed by atoms with van der Waals surface area (Å²) in [6.07, 6.45) is 1.52. The largest absolute Gasteiger partial charge is 0.381 e. The summed E-state index contributed by atoms with van der Waals surface area (Å²) < 4.78 is 0. The molecular formula is C21H11Cl2N5. The Labute approximate surface area is 172 Å². The van der Waals surface area contributed by atoms with Crippen molar-refractivity contribution in [2.24, 2.45) is 10.8 Å². The summed E-state index contributed by atoms with van der Waals surface area (Å²) in [5.74, 6) is 0. The molecule has 1 atom stereocenters. The molecule has 3 rings (SSSR count). The van der Waals surface area contributed by atoms with Crippen molar-refractivity contribution in [2.75, 3.05) is 0 Å². The second kappa shape index (κ2) is 7.26. The Kier molecular flexibility index (Phi) is 5.00.